The first-order valence-electron chi connectivity index (χ1n) is 9.25. The standard InChI is InChI=1S/C23H22F6S/c1-5-6-15(3)30-21(16(4)17-9-7-14(2)8-10-17)18-11-19(22(24,25)26)13-20(12-18)23(27,28)29/h6-13H,5H2,1-4H3/b15-6+,21-16+. The Morgan fingerprint density at radius 1 is 0.833 bits per heavy atom. The molecule has 0 spiro atoms. The summed E-state index contributed by atoms with van der Waals surface area (Å²) < 4.78 is 80.1. The summed E-state index contributed by atoms with van der Waals surface area (Å²) in [6.45, 7) is 7.30. The van der Waals surface area contributed by atoms with E-state index in [1.54, 1.807) is 13.8 Å². The fourth-order valence-electron chi connectivity index (χ4n) is 2.86. The topological polar surface area (TPSA) is 0 Å². The number of alkyl halides is 6. The van der Waals surface area contributed by atoms with Crippen LogP contribution >= 0.6 is 11.8 Å². The monoisotopic (exact) mass is 444 g/mol. The molecule has 7 heteroatoms. The highest BCUT2D eigenvalue weighted by atomic mass is 32.2. The highest BCUT2D eigenvalue weighted by Crippen LogP contribution is 2.44. The van der Waals surface area contributed by atoms with Crippen molar-refractivity contribution in [3.8, 4) is 0 Å². The van der Waals surface area contributed by atoms with Gasteiger partial charge in [0.05, 0.1) is 11.1 Å². The number of aryl methyl sites for hydroxylation is 1. The third-order valence-electron chi connectivity index (χ3n) is 4.43. The van der Waals surface area contributed by atoms with Crippen LogP contribution in [0, 0.1) is 6.92 Å². The Balaban J connectivity index is 2.79. The van der Waals surface area contributed by atoms with Gasteiger partial charge in [0.1, 0.15) is 0 Å². The van der Waals surface area contributed by atoms with Crippen LogP contribution in [-0.4, -0.2) is 0 Å². The van der Waals surface area contributed by atoms with E-state index >= 15 is 0 Å². The van der Waals surface area contributed by atoms with Crippen LogP contribution in [0.2, 0.25) is 0 Å². The SMILES string of the molecule is CC/C=C(\C)S/C(=C(\C)c1ccc(C)cc1)c1cc(C(F)(F)F)cc(C(F)(F)F)c1. The molecule has 2 rings (SSSR count). The first-order valence-corrected chi connectivity index (χ1v) is 10.1. The Bertz CT molecular complexity index is 915. The van der Waals surface area contributed by atoms with Crippen molar-refractivity contribution < 1.29 is 26.3 Å². The minimum Gasteiger partial charge on any atom is -0.166 e. The van der Waals surface area contributed by atoms with Gasteiger partial charge in [0, 0.05) is 4.91 Å². The van der Waals surface area contributed by atoms with Gasteiger partial charge < -0.3 is 0 Å². The van der Waals surface area contributed by atoms with Gasteiger partial charge in [-0.2, -0.15) is 26.3 Å². The Labute approximate surface area is 176 Å². The molecule has 0 aliphatic carbocycles. The Kier molecular flexibility index (Phi) is 7.50. The van der Waals surface area contributed by atoms with E-state index in [1.165, 1.54) is 11.8 Å². The number of allylic oxidation sites excluding steroid dienone is 3. The molecule has 0 radical (unpaired) electrons. The first kappa shape index (κ1) is 24.1. The van der Waals surface area contributed by atoms with Crippen LogP contribution in [-0.2, 0) is 12.4 Å². The quantitative estimate of drug-likeness (QED) is 0.328. The van der Waals surface area contributed by atoms with Gasteiger partial charge >= 0.3 is 12.4 Å². The lowest BCUT2D eigenvalue weighted by Crippen LogP contribution is -2.11. The van der Waals surface area contributed by atoms with Gasteiger partial charge in [-0.25, -0.2) is 0 Å². The van der Waals surface area contributed by atoms with E-state index < -0.39 is 23.5 Å². The number of thioether (sulfide) groups is 1. The predicted octanol–water partition coefficient (Wildman–Crippen LogP) is 8.97. The molecular formula is C23H22F6S. The molecule has 0 N–H and O–H groups in total. The molecule has 162 valence electrons. The minimum atomic E-state index is -4.89. The van der Waals surface area contributed by atoms with E-state index in [9.17, 15) is 26.3 Å². The van der Waals surface area contributed by atoms with Crippen molar-refractivity contribution in [3.63, 3.8) is 0 Å². The molecule has 0 amide bonds. The molecule has 0 bridgehead atoms. The van der Waals surface area contributed by atoms with E-state index in [4.69, 9.17) is 0 Å². The van der Waals surface area contributed by atoms with Gasteiger partial charge in [0.15, 0.2) is 0 Å². The summed E-state index contributed by atoms with van der Waals surface area (Å²) in [5.41, 5.74) is -0.404. The largest absolute Gasteiger partial charge is 0.416 e. The molecule has 0 saturated carbocycles. The number of halogens is 6. The molecule has 0 saturated heterocycles. The molecule has 2 aromatic carbocycles. The smallest absolute Gasteiger partial charge is 0.166 e. The maximum Gasteiger partial charge on any atom is 0.416 e. The average Bonchev–Trinajstić information content (AvgIpc) is 2.64. The van der Waals surface area contributed by atoms with Crippen molar-refractivity contribution in [2.24, 2.45) is 0 Å². The van der Waals surface area contributed by atoms with Crippen LogP contribution in [0.1, 0.15) is 55.0 Å². The van der Waals surface area contributed by atoms with Gasteiger partial charge in [-0.05, 0) is 67.0 Å². The lowest BCUT2D eigenvalue weighted by molar-refractivity contribution is -0.143. The van der Waals surface area contributed by atoms with Crippen molar-refractivity contribution in [2.45, 2.75) is 46.5 Å². The molecule has 0 heterocycles. The summed E-state index contributed by atoms with van der Waals surface area (Å²) in [4.78, 5) is 1.16. The zero-order valence-electron chi connectivity index (χ0n) is 17.0. The normalized spacial score (nSPS) is 14.0. The average molecular weight is 444 g/mol. The summed E-state index contributed by atoms with van der Waals surface area (Å²) in [5, 5.41) is 0. The van der Waals surface area contributed by atoms with E-state index in [0.29, 0.717) is 16.9 Å². The molecule has 0 aromatic heterocycles. The van der Waals surface area contributed by atoms with Crippen LogP contribution in [0.4, 0.5) is 26.3 Å². The second kappa shape index (κ2) is 9.33. The van der Waals surface area contributed by atoms with Gasteiger partial charge in [-0.1, -0.05) is 54.6 Å². The van der Waals surface area contributed by atoms with E-state index in [-0.39, 0.29) is 11.6 Å². The van der Waals surface area contributed by atoms with Crippen molar-refractivity contribution in [2.75, 3.05) is 0 Å². The van der Waals surface area contributed by atoms with Crippen molar-refractivity contribution in [3.05, 3.63) is 81.3 Å². The van der Waals surface area contributed by atoms with Crippen LogP contribution in [0.15, 0.2) is 53.4 Å². The Morgan fingerprint density at radius 2 is 1.33 bits per heavy atom. The van der Waals surface area contributed by atoms with Crippen molar-refractivity contribution in [1.82, 2.24) is 0 Å². The third kappa shape index (κ3) is 6.17. The molecule has 0 nitrogen and oxygen atoms in total. The summed E-state index contributed by atoms with van der Waals surface area (Å²) in [6, 6.07) is 9.04. The molecular weight excluding hydrogens is 422 g/mol. The molecule has 0 unspecified atom stereocenters. The third-order valence-corrected chi connectivity index (χ3v) is 5.66. The summed E-state index contributed by atoms with van der Waals surface area (Å²) in [7, 11) is 0. The molecule has 0 aliphatic heterocycles. The number of rotatable bonds is 5. The van der Waals surface area contributed by atoms with Crippen molar-refractivity contribution in [1.29, 1.82) is 0 Å². The fourth-order valence-corrected chi connectivity index (χ4v) is 3.94. The van der Waals surface area contributed by atoms with Crippen LogP contribution in [0.5, 0.6) is 0 Å². The number of hydrogen-bond donors (Lipinski definition) is 0. The molecule has 30 heavy (non-hydrogen) atoms. The second-order valence-electron chi connectivity index (χ2n) is 6.94. The number of benzene rings is 2. The van der Waals surface area contributed by atoms with Gasteiger partial charge in [-0.3, -0.25) is 0 Å². The Hall–Kier alpha value is -2.15. The lowest BCUT2D eigenvalue weighted by atomic mass is 9.99. The van der Waals surface area contributed by atoms with Crippen LogP contribution < -0.4 is 0 Å². The predicted molar refractivity (Wildman–Crippen MR) is 112 cm³/mol. The maximum atomic E-state index is 13.3. The number of hydrogen-bond acceptors (Lipinski definition) is 1. The molecule has 0 aliphatic rings. The Morgan fingerprint density at radius 3 is 1.77 bits per heavy atom. The highest BCUT2D eigenvalue weighted by molar-refractivity contribution is 8.12. The molecule has 2 aromatic rings. The first-order chi connectivity index (χ1) is 13.8. The summed E-state index contributed by atoms with van der Waals surface area (Å²) in [5.74, 6) is 0. The zero-order valence-corrected chi connectivity index (χ0v) is 17.8. The van der Waals surface area contributed by atoms with E-state index in [0.717, 1.165) is 28.2 Å². The molecule has 0 fully saturated rings. The minimum absolute atomic E-state index is 0.107. The summed E-state index contributed by atoms with van der Waals surface area (Å²) >= 11 is 1.17. The van der Waals surface area contributed by atoms with Gasteiger partial charge in [-0.15, -0.1) is 0 Å². The summed E-state index contributed by atoms with van der Waals surface area (Å²) in [6.07, 6.45) is -7.20. The zero-order chi connectivity index (χ0) is 22.7. The van der Waals surface area contributed by atoms with Crippen molar-refractivity contribution >= 4 is 22.2 Å². The van der Waals surface area contributed by atoms with E-state index in [1.807, 2.05) is 44.2 Å². The maximum absolute atomic E-state index is 13.3. The second-order valence-corrected chi connectivity index (χ2v) is 8.20. The van der Waals surface area contributed by atoms with Gasteiger partial charge in [0.2, 0.25) is 0 Å². The van der Waals surface area contributed by atoms with Gasteiger partial charge in [0.25, 0.3) is 0 Å². The lowest BCUT2D eigenvalue weighted by Gasteiger charge is -2.18. The molecule has 0 atom stereocenters. The van der Waals surface area contributed by atoms with Crippen LogP contribution in [0.25, 0.3) is 10.5 Å². The fraction of sp³-hybridized carbons (Fsp3) is 0.304. The highest BCUT2D eigenvalue weighted by Gasteiger charge is 2.37. The van der Waals surface area contributed by atoms with E-state index in [2.05, 4.69) is 0 Å². The van der Waals surface area contributed by atoms with Crippen LogP contribution in [0.3, 0.4) is 0 Å².